The fraction of sp³-hybridized carbons (Fsp3) is 0.200. The van der Waals surface area contributed by atoms with Gasteiger partial charge in [-0.3, -0.25) is 9.59 Å². The highest BCUT2D eigenvalue weighted by Gasteiger charge is 2.23. The fourth-order valence-corrected chi connectivity index (χ4v) is 3.08. The summed E-state index contributed by atoms with van der Waals surface area (Å²) in [6.07, 6.45) is 4.55. The first-order valence-corrected chi connectivity index (χ1v) is 8.49. The van der Waals surface area contributed by atoms with Crippen LogP contribution in [0.25, 0.3) is 6.08 Å². The number of nitrogens with one attached hydrogen (secondary N) is 1. The number of carbonyl (C=O) groups excluding carboxylic acids is 2. The van der Waals surface area contributed by atoms with E-state index in [0.717, 1.165) is 17.7 Å². The van der Waals surface area contributed by atoms with E-state index in [1.54, 1.807) is 17.0 Å². The smallest absolute Gasteiger partial charge is 0.248 e. The molecule has 132 valence electrons. The summed E-state index contributed by atoms with van der Waals surface area (Å²) in [6, 6.07) is 12.8. The van der Waals surface area contributed by atoms with Crippen LogP contribution in [0.5, 0.6) is 11.5 Å². The summed E-state index contributed by atoms with van der Waals surface area (Å²) in [5, 5.41) is 2.85. The molecule has 0 bridgehead atoms. The van der Waals surface area contributed by atoms with Crippen LogP contribution in [-0.2, 0) is 9.59 Å². The van der Waals surface area contributed by atoms with Gasteiger partial charge in [0.25, 0.3) is 0 Å². The fourth-order valence-electron chi connectivity index (χ4n) is 3.08. The lowest BCUT2D eigenvalue weighted by Gasteiger charge is -2.19. The van der Waals surface area contributed by atoms with Gasteiger partial charge >= 0.3 is 0 Å². The molecule has 2 amide bonds. The molecule has 0 aliphatic carbocycles. The number of para-hydroxylation sites is 2. The Morgan fingerprint density at radius 3 is 2.81 bits per heavy atom. The third-order valence-electron chi connectivity index (χ3n) is 4.35. The standard InChI is InChI=1S/C20H18N2O4/c23-19(10-8-14-7-9-17-18(12-14)26-13-25-17)21-15-4-1-2-5-16(15)22-11-3-6-20(22)24/h1-2,4-5,7-10,12H,3,6,11,13H2,(H,21,23)/b10-8+. The van der Waals surface area contributed by atoms with E-state index in [1.165, 1.54) is 6.08 Å². The Morgan fingerprint density at radius 1 is 1.12 bits per heavy atom. The van der Waals surface area contributed by atoms with Crippen molar-refractivity contribution in [1.82, 2.24) is 0 Å². The minimum Gasteiger partial charge on any atom is -0.454 e. The molecular weight excluding hydrogens is 332 g/mol. The molecule has 0 atom stereocenters. The van der Waals surface area contributed by atoms with Crippen molar-refractivity contribution in [2.75, 3.05) is 23.6 Å². The molecule has 2 heterocycles. The van der Waals surface area contributed by atoms with E-state index in [2.05, 4.69) is 5.32 Å². The van der Waals surface area contributed by atoms with Crippen molar-refractivity contribution in [1.29, 1.82) is 0 Å². The molecule has 2 aliphatic rings. The number of amides is 2. The molecule has 4 rings (SSSR count). The summed E-state index contributed by atoms with van der Waals surface area (Å²) < 4.78 is 10.6. The Balaban J connectivity index is 1.48. The zero-order valence-corrected chi connectivity index (χ0v) is 14.1. The quantitative estimate of drug-likeness (QED) is 0.860. The van der Waals surface area contributed by atoms with E-state index < -0.39 is 0 Å². The van der Waals surface area contributed by atoms with Gasteiger partial charge < -0.3 is 19.7 Å². The summed E-state index contributed by atoms with van der Waals surface area (Å²) in [4.78, 5) is 26.0. The van der Waals surface area contributed by atoms with Gasteiger partial charge in [0.2, 0.25) is 18.6 Å². The average molecular weight is 350 g/mol. The summed E-state index contributed by atoms with van der Waals surface area (Å²) in [5.74, 6) is 1.20. The van der Waals surface area contributed by atoms with Crippen molar-refractivity contribution in [2.24, 2.45) is 0 Å². The molecular formula is C20H18N2O4. The molecule has 2 aromatic carbocycles. The van der Waals surface area contributed by atoms with Crippen molar-refractivity contribution in [3.8, 4) is 11.5 Å². The number of rotatable bonds is 4. The van der Waals surface area contributed by atoms with Crippen LogP contribution in [0.1, 0.15) is 18.4 Å². The number of hydrogen-bond donors (Lipinski definition) is 1. The van der Waals surface area contributed by atoms with Crippen LogP contribution in [-0.4, -0.2) is 25.2 Å². The number of hydrogen-bond acceptors (Lipinski definition) is 4. The Labute approximate surface area is 151 Å². The Kier molecular flexibility index (Phi) is 4.31. The van der Waals surface area contributed by atoms with Crippen LogP contribution in [0, 0.1) is 0 Å². The number of fused-ring (bicyclic) bond motifs is 1. The second kappa shape index (κ2) is 6.92. The van der Waals surface area contributed by atoms with Crippen molar-refractivity contribution < 1.29 is 19.1 Å². The number of nitrogens with zero attached hydrogens (tertiary/aromatic N) is 1. The first-order chi connectivity index (χ1) is 12.7. The van der Waals surface area contributed by atoms with Gasteiger partial charge in [0.05, 0.1) is 11.4 Å². The Morgan fingerprint density at radius 2 is 1.96 bits per heavy atom. The first kappa shape index (κ1) is 16.2. The summed E-state index contributed by atoms with van der Waals surface area (Å²) in [7, 11) is 0. The summed E-state index contributed by atoms with van der Waals surface area (Å²) in [6.45, 7) is 0.897. The highest BCUT2D eigenvalue weighted by molar-refractivity contribution is 6.06. The minimum atomic E-state index is -0.262. The van der Waals surface area contributed by atoms with Gasteiger partial charge in [0, 0.05) is 19.0 Å². The molecule has 1 N–H and O–H groups in total. The Hall–Kier alpha value is -3.28. The highest BCUT2D eigenvalue weighted by atomic mass is 16.7. The molecule has 1 saturated heterocycles. The van der Waals surface area contributed by atoms with E-state index in [9.17, 15) is 9.59 Å². The maximum Gasteiger partial charge on any atom is 0.248 e. The van der Waals surface area contributed by atoms with Gasteiger partial charge in [-0.2, -0.15) is 0 Å². The number of ether oxygens (including phenoxy) is 2. The lowest BCUT2D eigenvalue weighted by atomic mass is 10.2. The van der Waals surface area contributed by atoms with Crippen molar-refractivity contribution >= 4 is 29.3 Å². The monoisotopic (exact) mass is 350 g/mol. The number of benzene rings is 2. The lowest BCUT2D eigenvalue weighted by Crippen LogP contribution is -2.25. The van der Waals surface area contributed by atoms with E-state index in [4.69, 9.17) is 9.47 Å². The molecule has 0 radical (unpaired) electrons. The van der Waals surface area contributed by atoms with E-state index in [1.807, 2.05) is 36.4 Å². The molecule has 0 saturated carbocycles. The van der Waals surface area contributed by atoms with E-state index in [0.29, 0.717) is 30.2 Å². The van der Waals surface area contributed by atoms with Crippen LogP contribution in [0.15, 0.2) is 48.5 Å². The third-order valence-corrected chi connectivity index (χ3v) is 4.35. The minimum absolute atomic E-state index is 0.0857. The molecule has 2 aliphatic heterocycles. The van der Waals surface area contributed by atoms with Crippen molar-refractivity contribution in [3.63, 3.8) is 0 Å². The molecule has 0 unspecified atom stereocenters. The van der Waals surface area contributed by atoms with Crippen LogP contribution in [0.4, 0.5) is 11.4 Å². The van der Waals surface area contributed by atoms with Crippen LogP contribution in [0.3, 0.4) is 0 Å². The predicted octanol–water partition coefficient (Wildman–Crippen LogP) is 3.19. The van der Waals surface area contributed by atoms with Gasteiger partial charge in [-0.1, -0.05) is 18.2 Å². The van der Waals surface area contributed by atoms with Gasteiger partial charge in [0.15, 0.2) is 11.5 Å². The van der Waals surface area contributed by atoms with Gasteiger partial charge in [-0.25, -0.2) is 0 Å². The molecule has 6 nitrogen and oxygen atoms in total. The summed E-state index contributed by atoms with van der Waals surface area (Å²) in [5.41, 5.74) is 2.20. The van der Waals surface area contributed by atoms with Gasteiger partial charge in [-0.15, -0.1) is 0 Å². The molecule has 26 heavy (non-hydrogen) atoms. The summed E-state index contributed by atoms with van der Waals surface area (Å²) >= 11 is 0. The molecule has 6 heteroatoms. The largest absolute Gasteiger partial charge is 0.454 e. The normalized spacial score (nSPS) is 15.7. The predicted molar refractivity (Wildman–Crippen MR) is 98.3 cm³/mol. The van der Waals surface area contributed by atoms with Gasteiger partial charge in [-0.05, 0) is 42.3 Å². The SMILES string of the molecule is O=C(/C=C/c1ccc2c(c1)OCO2)Nc1ccccc1N1CCCC1=O. The second-order valence-corrected chi connectivity index (χ2v) is 6.10. The number of anilines is 2. The first-order valence-electron chi connectivity index (χ1n) is 8.49. The topological polar surface area (TPSA) is 67.9 Å². The second-order valence-electron chi connectivity index (χ2n) is 6.10. The van der Waals surface area contributed by atoms with Crippen LogP contribution >= 0.6 is 0 Å². The zero-order chi connectivity index (χ0) is 17.9. The van der Waals surface area contributed by atoms with E-state index >= 15 is 0 Å². The van der Waals surface area contributed by atoms with E-state index in [-0.39, 0.29) is 18.6 Å². The average Bonchev–Trinajstić information content (AvgIpc) is 3.28. The van der Waals surface area contributed by atoms with Crippen molar-refractivity contribution in [2.45, 2.75) is 12.8 Å². The highest BCUT2D eigenvalue weighted by Crippen LogP contribution is 2.33. The lowest BCUT2D eigenvalue weighted by molar-refractivity contribution is -0.117. The van der Waals surface area contributed by atoms with Crippen LogP contribution < -0.4 is 19.7 Å². The maximum absolute atomic E-state index is 12.3. The van der Waals surface area contributed by atoms with Crippen molar-refractivity contribution in [3.05, 3.63) is 54.1 Å². The molecule has 0 aromatic heterocycles. The zero-order valence-electron chi connectivity index (χ0n) is 14.1. The third kappa shape index (κ3) is 3.26. The van der Waals surface area contributed by atoms with Gasteiger partial charge in [0.1, 0.15) is 0 Å². The number of carbonyl (C=O) groups is 2. The molecule has 1 fully saturated rings. The maximum atomic E-state index is 12.3. The van der Waals surface area contributed by atoms with Crippen LogP contribution in [0.2, 0.25) is 0 Å². The Bertz CT molecular complexity index is 891. The molecule has 0 spiro atoms. The molecule has 2 aromatic rings.